The summed E-state index contributed by atoms with van der Waals surface area (Å²) in [6.07, 6.45) is 0.983. The van der Waals surface area contributed by atoms with Gasteiger partial charge in [0.15, 0.2) is 0 Å². The van der Waals surface area contributed by atoms with Gasteiger partial charge in [0.2, 0.25) is 0 Å². The van der Waals surface area contributed by atoms with Crippen molar-refractivity contribution in [3.63, 3.8) is 0 Å². The van der Waals surface area contributed by atoms with E-state index in [4.69, 9.17) is 5.73 Å². The van der Waals surface area contributed by atoms with Crippen LogP contribution in [0.5, 0.6) is 0 Å². The Labute approximate surface area is 112 Å². The first-order valence-corrected chi connectivity index (χ1v) is 6.57. The Hall–Kier alpha value is -1.87. The van der Waals surface area contributed by atoms with Crippen molar-refractivity contribution in [1.29, 1.82) is 0 Å². The molecule has 0 fully saturated rings. The highest BCUT2D eigenvalue weighted by atomic mass is 19.1. The van der Waals surface area contributed by atoms with Gasteiger partial charge in [-0.1, -0.05) is 24.3 Å². The van der Waals surface area contributed by atoms with Crippen molar-refractivity contribution < 1.29 is 4.39 Å². The molecule has 98 valence electrons. The number of halogens is 1. The first kappa shape index (κ1) is 12.2. The summed E-state index contributed by atoms with van der Waals surface area (Å²) < 4.78 is 13.9. The smallest absolute Gasteiger partial charge is 0.129 e. The minimum Gasteiger partial charge on any atom is -0.338 e. The average molecular weight is 256 g/mol. The zero-order valence-electron chi connectivity index (χ0n) is 10.9. The van der Waals surface area contributed by atoms with Crippen LogP contribution in [-0.2, 0) is 13.0 Å². The Morgan fingerprint density at radius 2 is 1.89 bits per heavy atom. The number of nitrogens with two attached hydrogens (primary N) is 1. The molecule has 1 heterocycles. The van der Waals surface area contributed by atoms with Gasteiger partial charge in [-0.05, 0) is 37.1 Å². The molecule has 1 aliphatic heterocycles. The molecule has 2 aromatic carbocycles. The molecule has 0 spiro atoms. The van der Waals surface area contributed by atoms with Crippen LogP contribution in [0.4, 0.5) is 15.8 Å². The molecule has 0 saturated heterocycles. The van der Waals surface area contributed by atoms with Gasteiger partial charge in [-0.25, -0.2) is 4.39 Å². The van der Waals surface area contributed by atoms with Gasteiger partial charge in [0.1, 0.15) is 5.82 Å². The maximum atomic E-state index is 13.9. The summed E-state index contributed by atoms with van der Waals surface area (Å²) in [5.74, 6) is -0.225. The Bertz CT molecular complexity index is 609. The molecule has 0 bridgehead atoms. The molecule has 3 rings (SSSR count). The second-order valence-corrected chi connectivity index (χ2v) is 4.99. The van der Waals surface area contributed by atoms with Gasteiger partial charge in [-0.15, -0.1) is 0 Å². The molecule has 19 heavy (non-hydrogen) atoms. The maximum Gasteiger partial charge on any atom is 0.129 e. The van der Waals surface area contributed by atoms with E-state index in [9.17, 15) is 4.39 Å². The highest BCUT2D eigenvalue weighted by molar-refractivity contribution is 5.73. The Kier molecular flexibility index (Phi) is 2.99. The number of fused-ring (bicyclic) bond motifs is 1. The fourth-order valence-corrected chi connectivity index (χ4v) is 2.91. The molecule has 0 aliphatic carbocycles. The van der Waals surface area contributed by atoms with E-state index in [0.29, 0.717) is 11.6 Å². The third kappa shape index (κ3) is 1.90. The van der Waals surface area contributed by atoms with Crippen LogP contribution in [-0.4, -0.2) is 6.04 Å². The van der Waals surface area contributed by atoms with Gasteiger partial charge in [0, 0.05) is 29.5 Å². The number of hydrogen-bond acceptors (Lipinski definition) is 2. The number of para-hydroxylation sites is 1. The van der Waals surface area contributed by atoms with Gasteiger partial charge in [-0.2, -0.15) is 0 Å². The Balaban J connectivity index is 2.15. The van der Waals surface area contributed by atoms with Crippen LogP contribution < -0.4 is 10.6 Å². The van der Waals surface area contributed by atoms with Crippen molar-refractivity contribution in [3.8, 4) is 0 Å². The van der Waals surface area contributed by atoms with E-state index in [1.165, 1.54) is 11.6 Å². The van der Waals surface area contributed by atoms with E-state index < -0.39 is 0 Å². The SMILES string of the molecule is CC1Cc2ccccc2N1c1cccc(F)c1CN. The Morgan fingerprint density at radius 3 is 2.68 bits per heavy atom. The minimum absolute atomic E-state index is 0.216. The normalized spacial score (nSPS) is 17.6. The van der Waals surface area contributed by atoms with Crippen molar-refractivity contribution in [2.75, 3.05) is 4.90 Å². The van der Waals surface area contributed by atoms with Gasteiger partial charge in [-0.3, -0.25) is 0 Å². The summed E-state index contributed by atoms with van der Waals surface area (Å²) in [7, 11) is 0. The second kappa shape index (κ2) is 4.67. The number of rotatable bonds is 2. The zero-order valence-corrected chi connectivity index (χ0v) is 10.9. The highest BCUT2D eigenvalue weighted by Crippen LogP contribution is 2.39. The van der Waals surface area contributed by atoms with E-state index in [0.717, 1.165) is 17.8 Å². The van der Waals surface area contributed by atoms with E-state index in [-0.39, 0.29) is 12.4 Å². The molecule has 2 nitrogen and oxygen atoms in total. The molecular formula is C16H17FN2. The van der Waals surface area contributed by atoms with Crippen LogP contribution in [0.1, 0.15) is 18.1 Å². The number of benzene rings is 2. The van der Waals surface area contributed by atoms with Gasteiger partial charge in [0.25, 0.3) is 0 Å². The minimum atomic E-state index is -0.225. The quantitative estimate of drug-likeness (QED) is 0.892. The summed E-state index contributed by atoms with van der Waals surface area (Å²) in [6, 6.07) is 13.8. The van der Waals surface area contributed by atoms with Crippen molar-refractivity contribution in [2.45, 2.75) is 25.9 Å². The molecule has 2 N–H and O–H groups in total. The molecule has 1 aliphatic rings. The van der Waals surface area contributed by atoms with Gasteiger partial charge < -0.3 is 10.6 Å². The second-order valence-electron chi connectivity index (χ2n) is 4.99. The zero-order chi connectivity index (χ0) is 13.4. The monoisotopic (exact) mass is 256 g/mol. The van der Waals surface area contributed by atoms with Crippen LogP contribution in [0.3, 0.4) is 0 Å². The largest absolute Gasteiger partial charge is 0.338 e. The van der Waals surface area contributed by atoms with Crippen molar-refractivity contribution >= 4 is 11.4 Å². The topological polar surface area (TPSA) is 29.3 Å². The molecule has 0 radical (unpaired) electrons. The van der Waals surface area contributed by atoms with Crippen LogP contribution in [0.15, 0.2) is 42.5 Å². The third-order valence-corrected chi connectivity index (χ3v) is 3.77. The number of anilines is 2. The van der Waals surface area contributed by atoms with Crippen LogP contribution in [0, 0.1) is 5.82 Å². The lowest BCUT2D eigenvalue weighted by molar-refractivity contribution is 0.609. The fourth-order valence-electron chi connectivity index (χ4n) is 2.91. The standard InChI is InChI=1S/C16H17FN2/c1-11-9-12-5-2-3-7-15(12)19(11)16-8-4-6-14(17)13(16)10-18/h2-8,11H,9-10,18H2,1H3. The van der Waals surface area contributed by atoms with E-state index >= 15 is 0 Å². The lowest BCUT2D eigenvalue weighted by Gasteiger charge is -2.27. The summed E-state index contributed by atoms with van der Waals surface area (Å²) in [5, 5.41) is 0. The predicted octanol–water partition coefficient (Wildman–Crippen LogP) is 3.37. The molecular weight excluding hydrogens is 239 g/mol. The van der Waals surface area contributed by atoms with Crippen LogP contribution in [0.25, 0.3) is 0 Å². The van der Waals surface area contributed by atoms with E-state index in [1.54, 1.807) is 6.07 Å². The molecule has 1 unspecified atom stereocenters. The van der Waals surface area contributed by atoms with Crippen molar-refractivity contribution in [2.24, 2.45) is 5.73 Å². The average Bonchev–Trinajstić information content (AvgIpc) is 2.74. The molecule has 2 aromatic rings. The molecule has 0 aromatic heterocycles. The van der Waals surface area contributed by atoms with Crippen LogP contribution >= 0.6 is 0 Å². The summed E-state index contributed by atoms with van der Waals surface area (Å²) in [4.78, 5) is 2.20. The lowest BCUT2D eigenvalue weighted by Crippen LogP contribution is -2.25. The first-order valence-electron chi connectivity index (χ1n) is 6.57. The van der Waals surface area contributed by atoms with Crippen molar-refractivity contribution in [3.05, 3.63) is 59.4 Å². The van der Waals surface area contributed by atoms with Gasteiger partial charge >= 0.3 is 0 Å². The van der Waals surface area contributed by atoms with Crippen LogP contribution in [0.2, 0.25) is 0 Å². The number of hydrogen-bond donors (Lipinski definition) is 1. The summed E-state index contributed by atoms with van der Waals surface area (Å²) >= 11 is 0. The molecule has 0 amide bonds. The molecule has 1 atom stereocenters. The third-order valence-electron chi connectivity index (χ3n) is 3.77. The highest BCUT2D eigenvalue weighted by Gasteiger charge is 2.28. The number of nitrogens with zero attached hydrogens (tertiary/aromatic N) is 1. The van der Waals surface area contributed by atoms with Gasteiger partial charge in [0.05, 0.1) is 0 Å². The lowest BCUT2D eigenvalue weighted by atomic mass is 10.1. The summed E-state index contributed by atoms with van der Waals surface area (Å²) in [6.45, 7) is 2.37. The maximum absolute atomic E-state index is 13.9. The summed E-state index contributed by atoms with van der Waals surface area (Å²) in [5.41, 5.74) is 9.67. The van der Waals surface area contributed by atoms with Crippen molar-refractivity contribution in [1.82, 2.24) is 0 Å². The van der Waals surface area contributed by atoms with E-state index in [2.05, 4.69) is 24.0 Å². The Morgan fingerprint density at radius 1 is 1.16 bits per heavy atom. The first-order chi connectivity index (χ1) is 9.22. The van der Waals surface area contributed by atoms with E-state index in [1.807, 2.05) is 18.2 Å². The fraction of sp³-hybridized carbons (Fsp3) is 0.250. The molecule has 0 saturated carbocycles. The molecule has 3 heteroatoms. The predicted molar refractivity (Wildman–Crippen MR) is 76.0 cm³/mol.